The highest BCUT2D eigenvalue weighted by atomic mass is 79.9. The Hall–Kier alpha value is -1.58. The van der Waals surface area contributed by atoms with Gasteiger partial charge in [0.1, 0.15) is 11.9 Å². The van der Waals surface area contributed by atoms with Gasteiger partial charge in [-0.25, -0.2) is 4.98 Å². The van der Waals surface area contributed by atoms with Gasteiger partial charge in [0.15, 0.2) is 5.58 Å². The van der Waals surface area contributed by atoms with Crippen molar-refractivity contribution in [3.05, 3.63) is 22.5 Å². The van der Waals surface area contributed by atoms with Crippen LogP contribution in [0, 0.1) is 17.2 Å². The zero-order valence-corrected chi connectivity index (χ0v) is 14.6. The van der Waals surface area contributed by atoms with E-state index in [0.717, 1.165) is 28.1 Å². The molecule has 6 heteroatoms. The molecule has 0 radical (unpaired) electrons. The van der Waals surface area contributed by atoms with Crippen LogP contribution >= 0.6 is 15.9 Å². The van der Waals surface area contributed by atoms with E-state index in [9.17, 15) is 0 Å². The van der Waals surface area contributed by atoms with Crippen molar-refractivity contribution in [1.82, 2.24) is 9.88 Å². The van der Waals surface area contributed by atoms with Crippen LogP contribution in [0.3, 0.4) is 0 Å². The molecule has 0 atom stereocenters. The Balaban J connectivity index is 1.79. The number of nitrogens with zero attached hydrogens (tertiary/aromatic N) is 4. The van der Waals surface area contributed by atoms with Crippen LogP contribution in [-0.4, -0.2) is 43.6 Å². The van der Waals surface area contributed by atoms with E-state index in [0.29, 0.717) is 17.4 Å². The van der Waals surface area contributed by atoms with Gasteiger partial charge >= 0.3 is 0 Å². The topological polar surface area (TPSA) is 56.3 Å². The summed E-state index contributed by atoms with van der Waals surface area (Å²) >= 11 is 3.62. The molecule has 1 saturated carbocycles. The van der Waals surface area contributed by atoms with Gasteiger partial charge in [-0.15, -0.1) is 0 Å². The van der Waals surface area contributed by atoms with Gasteiger partial charge in [0.25, 0.3) is 0 Å². The van der Waals surface area contributed by atoms with Gasteiger partial charge in [-0.3, -0.25) is 0 Å². The van der Waals surface area contributed by atoms with Crippen molar-refractivity contribution >= 4 is 32.7 Å². The average Bonchev–Trinajstić information content (AvgIpc) is 2.86. The Morgan fingerprint density at radius 3 is 2.77 bits per heavy atom. The zero-order valence-electron chi connectivity index (χ0n) is 13.0. The van der Waals surface area contributed by atoms with E-state index in [1.54, 1.807) is 12.3 Å². The molecule has 0 saturated heterocycles. The smallest absolute Gasteiger partial charge is 0.204 e. The molecule has 3 rings (SSSR count). The highest BCUT2D eigenvalue weighted by Gasteiger charge is 2.33. The standard InChI is InChI=1S/C16H19BrN4O/c1-20(2)9-10-4-11(5-10)21(3)16-15(17)13-6-12(7-18)22-14(13)8-19-16/h6,8,10-11H,4-5,9H2,1-3H3. The third-order valence-electron chi connectivity index (χ3n) is 4.32. The molecule has 0 amide bonds. The second-order valence-electron chi connectivity index (χ2n) is 6.26. The molecule has 1 aliphatic rings. The number of hydrogen-bond acceptors (Lipinski definition) is 5. The summed E-state index contributed by atoms with van der Waals surface area (Å²) < 4.78 is 6.31. The molecule has 0 N–H and O–H groups in total. The normalized spacial score (nSPS) is 20.9. The van der Waals surface area contributed by atoms with E-state index in [1.165, 1.54) is 12.8 Å². The van der Waals surface area contributed by atoms with E-state index in [-0.39, 0.29) is 0 Å². The maximum Gasteiger partial charge on any atom is 0.204 e. The third-order valence-corrected chi connectivity index (χ3v) is 5.11. The molecule has 0 aliphatic heterocycles. The lowest BCUT2D eigenvalue weighted by Gasteiger charge is -2.43. The van der Waals surface area contributed by atoms with Crippen molar-refractivity contribution in [2.24, 2.45) is 5.92 Å². The third kappa shape index (κ3) is 2.71. The van der Waals surface area contributed by atoms with Crippen molar-refractivity contribution in [3.8, 4) is 6.07 Å². The molecule has 2 heterocycles. The second-order valence-corrected chi connectivity index (χ2v) is 7.05. The van der Waals surface area contributed by atoms with Crippen LogP contribution in [0.1, 0.15) is 18.6 Å². The first-order valence-electron chi connectivity index (χ1n) is 7.35. The van der Waals surface area contributed by atoms with Crippen molar-refractivity contribution in [2.45, 2.75) is 18.9 Å². The van der Waals surface area contributed by atoms with Crippen LogP contribution in [0.4, 0.5) is 5.82 Å². The fourth-order valence-electron chi connectivity index (χ4n) is 3.13. The highest BCUT2D eigenvalue weighted by molar-refractivity contribution is 9.10. The number of fused-ring (bicyclic) bond motifs is 1. The summed E-state index contributed by atoms with van der Waals surface area (Å²) in [7, 11) is 6.32. The summed E-state index contributed by atoms with van der Waals surface area (Å²) in [5, 5.41) is 9.85. The molecule has 1 aliphatic carbocycles. The number of nitriles is 1. The van der Waals surface area contributed by atoms with E-state index in [2.05, 4.69) is 51.9 Å². The summed E-state index contributed by atoms with van der Waals surface area (Å²) in [5.74, 6) is 1.99. The second kappa shape index (κ2) is 5.90. The van der Waals surface area contributed by atoms with Gasteiger partial charge in [-0.2, -0.15) is 5.26 Å². The number of furan rings is 1. The van der Waals surface area contributed by atoms with Gasteiger partial charge < -0.3 is 14.2 Å². The average molecular weight is 363 g/mol. The predicted molar refractivity (Wildman–Crippen MR) is 89.9 cm³/mol. The molecule has 0 aromatic carbocycles. The Morgan fingerprint density at radius 1 is 1.41 bits per heavy atom. The maximum atomic E-state index is 8.95. The molecular formula is C16H19BrN4O. The van der Waals surface area contributed by atoms with Gasteiger partial charge in [0.05, 0.1) is 10.7 Å². The summed E-state index contributed by atoms with van der Waals surface area (Å²) in [6.07, 6.45) is 4.08. The van der Waals surface area contributed by atoms with Crippen molar-refractivity contribution in [1.29, 1.82) is 5.26 Å². The number of anilines is 1. The quantitative estimate of drug-likeness (QED) is 0.835. The molecule has 5 nitrogen and oxygen atoms in total. The first-order chi connectivity index (χ1) is 10.5. The minimum absolute atomic E-state index is 0.312. The van der Waals surface area contributed by atoms with Gasteiger partial charge in [0, 0.05) is 31.1 Å². The monoisotopic (exact) mass is 362 g/mol. The fourth-order valence-corrected chi connectivity index (χ4v) is 3.82. The minimum Gasteiger partial charge on any atom is -0.444 e. The van der Waals surface area contributed by atoms with Crippen LogP contribution in [0.5, 0.6) is 0 Å². The first kappa shape index (κ1) is 15.3. The van der Waals surface area contributed by atoms with Gasteiger partial charge in [-0.05, 0) is 48.8 Å². The van der Waals surface area contributed by atoms with Gasteiger partial charge in [-0.1, -0.05) is 0 Å². The number of halogens is 1. The summed E-state index contributed by atoms with van der Waals surface area (Å²) in [6, 6.07) is 4.31. The summed E-state index contributed by atoms with van der Waals surface area (Å²) in [4.78, 5) is 8.99. The molecule has 0 unspecified atom stereocenters. The van der Waals surface area contributed by atoms with Crippen LogP contribution < -0.4 is 4.90 Å². The molecule has 2 aromatic rings. The SMILES string of the molecule is CN(C)CC1CC(N(C)c2ncc3oc(C#N)cc3c2Br)C1. The lowest BCUT2D eigenvalue weighted by molar-refractivity contribution is 0.197. The number of pyridine rings is 1. The lowest BCUT2D eigenvalue weighted by atomic mass is 9.79. The van der Waals surface area contributed by atoms with E-state index >= 15 is 0 Å². The van der Waals surface area contributed by atoms with Crippen LogP contribution in [0.15, 0.2) is 21.2 Å². The lowest BCUT2D eigenvalue weighted by Crippen LogP contribution is -2.46. The largest absolute Gasteiger partial charge is 0.444 e. The number of rotatable bonds is 4. The molecule has 0 spiro atoms. The zero-order chi connectivity index (χ0) is 15.9. The van der Waals surface area contributed by atoms with Crippen LogP contribution in [0.25, 0.3) is 11.0 Å². The predicted octanol–water partition coefficient (Wildman–Crippen LogP) is 3.24. The molecule has 2 aromatic heterocycles. The van der Waals surface area contributed by atoms with E-state index < -0.39 is 0 Å². The number of aromatic nitrogens is 1. The van der Waals surface area contributed by atoms with Gasteiger partial charge in [0.2, 0.25) is 5.76 Å². The Morgan fingerprint density at radius 2 is 2.14 bits per heavy atom. The Bertz CT molecular complexity index is 728. The van der Waals surface area contributed by atoms with E-state index in [4.69, 9.17) is 9.68 Å². The highest BCUT2D eigenvalue weighted by Crippen LogP contribution is 2.38. The molecule has 0 bridgehead atoms. The molecule has 1 fully saturated rings. The van der Waals surface area contributed by atoms with Crippen molar-refractivity contribution in [3.63, 3.8) is 0 Å². The van der Waals surface area contributed by atoms with E-state index in [1.807, 2.05) is 6.07 Å². The first-order valence-corrected chi connectivity index (χ1v) is 8.14. The van der Waals surface area contributed by atoms with Crippen LogP contribution in [-0.2, 0) is 0 Å². The minimum atomic E-state index is 0.312. The maximum absolute atomic E-state index is 8.95. The van der Waals surface area contributed by atoms with Crippen molar-refractivity contribution < 1.29 is 4.42 Å². The summed E-state index contributed by atoms with van der Waals surface area (Å²) in [5.41, 5.74) is 0.639. The summed E-state index contributed by atoms with van der Waals surface area (Å²) in [6.45, 7) is 1.14. The fraction of sp³-hybridized carbons (Fsp3) is 0.500. The van der Waals surface area contributed by atoms with Crippen molar-refractivity contribution in [2.75, 3.05) is 32.6 Å². The number of hydrogen-bond donors (Lipinski definition) is 0. The Labute approximate surface area is 138 Å². The molecule has 22 heavy (non-hydrogen) atoms. The molecular weight excluding hydrogens is 344 g/mol. The Kier molecular flexibility index (Phi) is 4.11. The van der Waals surface area contributed by atoms with Crippen LogP contribution in [0.2, 0.25) is 0 Å². The molecule has 116 valence electrons.